The van der Waals surface area contributed by atoms with Gasteiger partial charge >= 0.3 is 0 Å². The number of aromatic nitrogens is 1. The summed E-state index contributed by atoms with van der Waals surface area (Å²) in [5.41, 5.74) is 1.59. The van der Waals surface area contributed by atoms with Crippen molar-refractivity contribution in [3.05, 3.63) is 60.1 Å². The zero-order valence-corrected chi connectivity index (χ0v) is 15.7. The van der Waals surface area contributed by atoms with E-state index in [1.165, 1.54) is 0 Å². The molecule has 3 aromatic rings. The van der Waals surface area contributed by atoms with Crippen molar-refractivity contribution in [3.8, 4) is 22.8 Å². The average Bonchev–Trinajstić information content (AvgIpc) is 3.26. The van der Waals surface area contributed by atoms with Crippen molar-refractivity contribution in [2.45, 2.75) is 30.2 Å². The van der Waals surface area contributed by atoms with Gasteiger partial charge in [0.25, 0.3) is 0 Å². The van der Waals surface area contributed by atoms with Gasteiger partial charge in [0.15, 0.2) is 23.1 Å². The summed E-state index contributed by atoms with van der Waals surface area (Å²) in [7, 11) is -3.64. The van der Waals surface area contributed by atoms with Crippen molar-refractivity contribution in [2.75, 3.05) is 6.79 Å². The molecule has 0 atom stereocenters. The summed E-state index contributed by atoms with van der Waals surface area (Å²) in [5.74, 6) is 3.14. The van der Waals surface area contributed by atoms with Gasteiger partial charge in [-0.25, -0.2) is 18.1 Å². The van der Waals surface area contributed by atoms with Gasteiger partial charge in [0.1, 0.15) is 0 Å². The molecule has 1 saturated carbocycles. The second-order valence-electron chi connectivity index (χ2n) is 6.87. The van der Waals surface area contributed by atoms with Gasteiger partial charge in [-0.15, -0.1) is 0 Å². The second kappa shape index (κ2) is 6.65. The molecule has 5 rings (SSSR count). The lowest BCUT2D eigenvalue weighted by molar-refractivity contribution is 0.174. The lowest BCUT2D eigenvalue weighted by Gasteiger charge is -2.08. The molecule has 2 aromatic carbocycles. The van der Waals surface area contributed by atoms with Gasteiger partial charge in [0.2, 0.25) is 16.8 Å². The van der Waals surface area contributed by atoms with Crippen LogP contribution in [0, 0.1) is 0 Å². The highest BCUT2D eigenvalue weighted by Gasteiger charge is 2.28. The highest BCUT2D eigenvalue weighted by Crippen LogP contribution is 2.40. The summed E-state index contributed by atoms with van der Waals surface area (Å²) in [6.45, 7) is 0.345. The van der Waals surface area contributed by atoms with Crippen LogP contribution in [0.2, 0.25) is 0 Å². The van der Waals surface area contributed by atoms with E-state index in [0.29, 0.717) is 23.2 Å². The molecule has 0 saturated heterocycles. The van der Waals surface area contributed by atoms with Gasteiger partial charge < -0.3 is 13.9 Å². The van der Waals surface area contributed by atoms with E-state index in [1.807, 2.05) is 0 Å². The number of ether oxygens (including phenoxy) is 2. The van der Waals surface area contributed by atoms with Crippen LogP contribution in [-0.4, -0.2) is 20.2 Å². The maximum Gasteiger partial charge on any atom is 0.240 e. The molecule has 1 N–H and O–H groups in total. The Bertz CT molecular complexity index is 1120. The van der Waals surface area contributed by atoms with E-state index in [1.54, 1.807) is 48.7 Å². The highest BCUT2D eigenvalue weighted by atomic mass is 32.2. The Labute approximate surface area is 162 Å². The maximum absolute atomic E-state index is 12.6. The Balaban J connectivity index is 1.28. The van der Waals surface area contributed by atoms with Gasteiger partial charge in [0.05, 0.1) is 11.1 Å². The number of hydrogen-bond donors (Lipinski definition) is 1. The van der Waals surface area contributed by atoms with Crippen LogP contribution in [0.5, 0.6) is 11.5 Å². The minimum Gasteiger partial charge on any atom is -0.454 e. The van der Waals surface area contributed by atoms with Crippen LogP contribution in [0.25, 0.3) is 11.3 Å². The van der Waals surface area contributed by atoms with Gasteiger partial charge in [-0.1, -0.05) is 6.07 Å². The van der Waals surface area contributed by atoms with Crippen LogP contribution in [0.15, 0.2) is 58.0 Å². The predicted octanol–water partition coefficient (Wildman–Crippen LogP) is 3.43. The quantitative estimate of drug-likeness (QED) is 0.684. The SMILES string of the molecule is O=S(=O)(NCc1ccc2c(c1)OCO2)c1ccc(-c2cnc(C3CC3)o2)cc1. The largest absolute Gasteiger partial charge is 0.454 e. The minimum absolute atomic E-state index is 0.160. The molecule has 2 aliphatic rings. The number of nitrogens with one attached hydrogen (secondary N) is 1. The molecule has 1 fully saturated rings. The molecular formula is C20H18N2O5S. The molecule has 1 aromatic heterocycles. The summed E-state index contributed by atoms with van der Waals surface area (Å²) in [5, 5.41) is 0. The lowest BCUT2D eigenvalue weighted by atomic mass is 10.2. The Kier molecular flexibility index (Phi) is 4.10. The fraction of sp³-hybridized carbons (Fsp3) is 0.250. The molecule has 1 aliphatic carbocycles. The molecule has 0 bridgehead atoms. The van der Waals surface area contributed by atoms with Gasteiger partial charge in [-0.05, 0) is 54.8 Å². The third kappa shape index (κ3) is 3.36. The zero-order valence-electron chi connectivity index (χ0n) is 14.9. The Morgan fingerprint density at radius 2 is 1.82 bits per heavy atom. The van der Waals surface area contributed by atoms with Crippen molar-refractivity contribution in [2.24, 2.45) is 0 Å². The molecule has 0 unspecified atom stereocenters. The fourth-order valence-electron chi connectivity index (χ4n) is 3.05. The molecule has 0 spiro atoms. The van der Waals surface area contributed by atoms with Gasteiger partial charge in [-0.2, -0.15) is 0 Å². The summed E-state index contributed by atoms with van der Waals surface area (Å²) in [6.07, 6.45) is 3.92. The minimum atomic E-state index is -3.64. The van der Waals surface area contributed by atoms with Crippen LogP contribution in [0.1, 0.15) is 30.2 Å². The fourth-order valence-corrected chi connectivity index (χ4v) is 4.07. The standard InChI is InChI=1S/C20H18N2O5S/c23-28(24,22-10-13-1-8-17-18(9-13)26-12-25-17)16-6-4-14(5-7-16)19-11-21-20(27-19)15-2-3-15/h1,4-9,11,15,22H,2-3,10,12H2. The van der Waals surface area contributed by atoms with Crippen molar-refractivity contribution in [3.63, 3.8) is 0 Å². The van der Waals surface area contributed by atoms with E-state index in [0.717, 1.165) is 29.9 Å². The average molecular weight is 398 g/mol. The number of benzene rings is 2. The number of hydrogen-bond acceptors (Lipinski definition) is 6. The third-order valence-electron chi connectivity index (χ3n) is 4.80. The monoisotopic (exact) mass is 398 g/mol. The Hall–Kier alpha value is -2.84. The lowest BCUT2D eigenvalue weighted by Crippen LogP contribution is -2.23. The van der Waals surface area contributed by atoms with Gasteiger partial charge in [-0.3, -0.25) is 0 Å². The number of oxazole rings is 1. The first kappa shape index (κ1) is 17.3. The third-order valence-corrected chi connectivity index (χ3v) is 6.22. The molecule has 28 heavy (non-hydrogen) atoms. The van der Waals surface area contributed by atoms with Gasteiger partial charge in [0, 0.05) is 18.0 Å². The number of fused-ring (bicyclic) bond motifs is 1. The smallest absolute Gasteiger partial charge is 0.240 e. The zero-order chi connectivity index (χ0) is 19.1. The van der Waals surface area contributed by atoms with Crippen molar-refractivity contribution < 1.29 is 22.3 Å². The van der Waals surface area contributed by atoms with Crippen LogP contribution < -0.4 is 14.2 Å². The predicted molar refractivity (Wildman–Crippen MR) is 101 cm³/mol. The Morgan fingerprint density at radius 1 is 1.04 bits per heavy atom. The highest BCUT2D eigenvalue weighted by molar-refractivity contribution is 7.89. The first-order chi connectivity index (χ1) is 13.6. The molecule has 2 heterocycles. The maximum atomic E-state index is 12.6. The number of sulfonamides is 1. The summed E-state index contributed by atoms with van der Waals surface area (Å²) in [4.78, 5) is 4.49. The summed E-state index contributed by atoms with van der Waals surface area (Å²) in [6, 6.07) is 11.9. The summed E-state index contributed by atoms with van der Waals surface area (Å²) < 4.78 is 44.1. The van der Waals surface area contributed by atoms with E-state index in [4.69, 9.17) is 13.9 Å². The van der Waals surface area contributed by atoms with E-state index in [-0.39, 0.29) is 18.2 Å². The topological polar surface area (TPSA) is 90.7 Å². The van der Waals surface area contributed by atoms with Crippen LogP contribution >= 0.6 is 0 Å². The normalized spacial score (nSPS) is 15.7. The molecule has 0 radical (unpaired) electrons. The van der Waals surface area contributed by atoms with E-state index < -0.39 is 10.0 Å². The Morgan fingerprint density at radius 3 is 2.61 bits per heavy atom. The van der Waals surface area contributed by atoms with Crippen LogP contribution in [0.4, 0.5) is 0 Å². The summed E-state index contributed by atoms with van der Waals surface area (Å²) >= 11 is 0. The molecule has 7 nitrogen and oxygen atoms in total. The first-order valence-corrected chi connectivity index (χ1v) is 10.5. The van der Waals surface area contributed by atoms with Crippen molar-refractivity contribution in [1.29, 1.82) is 0 Å². The van der Waals surface area contributed by atoms with Crippen LogP contribution in [-0.2, 0) is 16.6 Å². The molecule has 144 valence electrons. The van der Waals surface area contributed by atoms with Crippen LogP contribution in [0.3, 0.4) is 0 Å². The molecule has 0 amide bonds. The van der Waals surface area contributed by atoms with E-state index in [2.05, 4.69) is 9.71 Å². The first-order valence-electron chi connectivity index (χ1n) is 9.03. The van der Waals surface area contributed by atoms with Crippen molar-refractivity contribution >= 4 is 10.0 Å². The number of nitrogens with zero attached hydrogens (tertiary/aromatic N) is 1. The van der Waals surface area contributed by atoms with E-state index >= 15 is 0 Å². The molecule has 1 aliphatic heterocycles. The number of rotatable bonds is 6. The van der Waals surface area contributed by atoms with E-state index in [9.17, 15) is 8.42 Å². The second-order valence-corrected chi connectivity index (χ2v) is 8.64. The molecule has 8 heteroatoms. The van der Waals surface area contributed by atoms with Crippen molar-refractivity contribution in [1.82, 2.24) is 9.71 Å². The molecular weight excluding hydrogens is 380 g/mol.